The Balaban J connectivity index is 1.41. The Bertz CT molecular complexity index is 689. The molecule has 25 heavy (non-hydrogen) atoms. The lowest BCUT2D eigenvalue weighted by Gasteiger charge is -2.38. The molecule has 0 N–H and O–H groups in total. The molecule has 2 atom stereocenters. The van der Waals surface area contributed by atoms with Crippen molar-refractivity contribution < 1.29 is 4.79 Å². The number of piperidine rings is 2. The van der Waals surface area contributed by atoms with Crippen LogP contribution in [0.4, 0.5) is 5.95 Å². The summed E-state index contributed by atoms with van der Waals surface area (Å²) in [6.45, 7) is 3.25. The predicted molar refractivity (Wildman–Crippen MR) is 94.0 cm³/mol. The number of anilines is 1. The van der Waals surface area contributed by atoms with Crippen molar-refractivity contribution in [1.82, 2.24) is 24.6 Å². The highest BCUT2D eigenvalue weighted by Gasteiger charge is 2.33. The maximum Gasteiger partial charge on any atom is 0.227 e. The third kappa shape index (κ3) is 3.50. The Hall–Kier alpha value is -2.44. The van der Waals surface area contributed by atoms with Crippen LogP contribution in [0.15, 0.2) is 36.9 Å². The first kappa shape index (κ1) is 16.1. The van der Waals surface area contributed by atoms with Crippen LogP contribution in [0.3, 0.4) is 0 Å². The van der Waals surface area contributed by atoms with Gasteiger partial charge in [-0.25, -0.2) is 9.97 Å². The number of amides is 1. The van der Waals surface area contributed by atoms with Crippen LogP contribution >= 0.6 is 0 Å². The van der Waals surface area contributed by atoms with E-state index in [9.17, 15) is 4.79 Å². The average molecular weight is 340 g/mol. The Morgan fingerprint density at radius 2 is 1.84 bits per heavy atom. The summed E-state index contributed by atoms with van der Waals surface area (Å²) in [5.74, 6) is 1.04. The van der Waals surface area contributed by atoms with E-state index in [2.05, 4.69) is 20.0 Å². The maximum atomic E-state index is 13.1. The fourth-order valence-corrected chi connectivity index (χ4v) is 3.94. The van der Waals surface area contributed by atoms with Crippen LogP contribution in [0.2, 0.25) is 0 Å². The van der Waals surface area contributed by atoms with Gasteiger partial charge in [0.1, 0.15) is 0 Å². The minimum absolute atomic E-state index is 0.0360. The Labute approximate surface area is 147 Å². The van der Waals surface area contributed by atoms with Crippen LogP contribution < -0.4 is 4.90 Å². The standard InChI is InChI=1S/C18H24N6O/c25-17(22-10-2-6-16(14-22)24-12-4-9-21-24)15-5-1-11-23(13-15)18-19-7-3-8-20-18/h3-4,7-9,12,15-16H,1-2,5-6,10-11,13-14H2. The van der Waals surface area contributed by atoms with Crippen molar-refractivity contribution in [1.29, 1.82) is 0 Å². The molecule has 0 bridgehead atoms. The smallest absolute Gasteiger partial charge is 0.227 e. The van der Waals surface area contributed by atoms with E-state index in [4.69, 9.17) is 0 Å². The molecular formula is C18H24N6O. The van der Waals surface area contributed by atoms with E-state index in [1.807, 2.05) is 27.9 Å². The molecule has 0 aliphatic carbocycles. The molecule has 4 heterocycles. The average Bonchev–Trinajstić information content (AvgIpc) is 3.23. The van der Waals surface area contributed by atoms with Crippen molar-refractivity contribution in [2.24, 2.45) is 5.92 Å². The number of likely N-dealkylation sites (tertiary alicyclic amines) is 1. The third-order valence-corrected chi connectivity index (χ3v) is 5.21. The second-order valence-electron chi connectivity index (χ2n) is 6.90. The van der Waals surface area contributed by atoms with Gasteiger partial charge in [0.05, 0.1) is 12.0 Å². The largest absolute Gasteiger partial charge is 0.340 e. The number of nitrogens with zero attached hydrogens (tertiary/aromatic N) is 6. The van der Waals surface area contributed by atoms with E-state index in [1.165, 1.54) is 0 Å². The summed E-state index contributed by atoms with van der Waals surface area (Å²) < 4.78 is 1.99. The molecule has 2 aromatic rings. The molecule has 2 fully saturated rings. The Kier molecular flexibility index (Phi) is 4.63. The van der Waals surface area contributed by atoms with Crippen LogP contribution in [0.25, 0.3) is 0 Å². The summed E-state index contributed by atoms with van der Waals surface area (Å²) in [6, 6.07) is 4.06. The summed E-state index contributed by atoms with van der Waals surface area (Å²) in [5, 5.41) is 4.35. The van der Waals surface area contributed by atoms with Gasteiger partial charge in [-0.3, -0.25) is 9.48 Å². The van der Waals surface area contributed by atoms with Crippen molar-refractivity contribution in [2.75, 3.05) is 31.1 Å². The first-order chi connectivity index (χ1) is 12.3. The van der Waals surface area contributed by atoms with Crippen LogP contribution in [-0.2, 0) is 4.79 Å². The molecule has 2 saturated heterocycles. The summed E-state index contributed by atoms with van der Waals surface area (Å²) in [6.07, 6.45) is 11.4. The Morgan fingerprint density at radius 3 is 2.64 bits per heavy atom. The van der Waals surface area contributed by atoms with Crippen molar-refractivity contribution in [3.8, 4) is 0 Å². The second-order valence-corrected chi connectivity index (χ2v) is 6.90. The fraction of sp³-hybridized carbons (Fsp3) is 0.556. The first-order valence-electron chi connectivity index (χ1n) is 9.11. The molecule has 1 amide bonds. The first-order valence-corrected chi connectivity index (χ1v) is 9.11. The second kappa shape index (κ2) is 7.21. The number of aromatic nitrogens is 4. The van der Waals surface area contributed by atoms with Crippen molar-refractivity contribution in [3.63, 3.8) is 0 Å². The van der Waals surface area contributed by atoms with Gasteiger partial charge in [-0.2, -0.15) is 5.10 Å². The molecule has 4 rings (SSSR count). The summed E-state index contributed by atoms with van der Waals surface area (Å²) >= 11 is 0. The zero-order chi connectivity index (χ0) is 17.1. The molecule has 0 radical (unpaired) electrons. The number of rotatable bonds is 3. The lowest BCUT2D eigenvalue weighted by molar-refractivity contribution is -0.137. The number of hydrogen-bond acceptors (Lipinski definition) is 5. The summed E-state index contributed by atoms with van der Waals surface area (Å²) in [7, 11) is 0. The lowest BCUT2D eigenvalue weighted by atomic mass is 9.95. The zero-order valence-corrected chi connectivity index (χ0v) is 14.4. The minimum atomic E-state index is 0.0360. The van der Waals surface area contributed by atoms with E-state index in [0.717, 1.165) is 51.3 Å². The van der Waals surface area contributed by atoms with Crippen molar-refractivity contribution in [3.05, 3.63) is 36.9 Å². The fourth-order valence-electron chi connectivity index (χ4n) is 3.94. The van der Waals surface area contributed by atoms with Crippen LogP contribution in [0.1, 0.15) is 31.7 Å². The molecule has 0 spiro atoms. The topological polar surface area (TPSA) is 67.2 Å². The SMILES string of the molecule is O=C(C1CCCN(c2ncccn2)C1)N1CCCC(n2cccn2)C1. The highest BCUT2D eigenvalue weighted by Crippen LogP contribution is 2.26. The summed E-state index contributed by atoms with van der Waals surface area (Å²) in [5.41, 5.74) is 0. The number of carbonyl (C=O) groups excluding carboxylic acids is 1. The van der Waals surface area contributed by atoms with Gasteiger partial charge >= 0.3 is 0 Å². The van der Waals surface area contributed by atoms with E-state index in [0.29, 0.717) is 12.6 Å². The van der Waals surface area contributed by atoms with Crippen molar-refractivity contribution in [2.45, 2.75) is 31.7 Å². The quantitative estimate of drug-likeness (QED) is 0.852. The highest BCUT2D eigenvalue weighted by atomic mass is 16.2. The maximum absolute atomic E-state index is 13.1. The number of carbonyl (C=O) groups is 1. The van der Waals surface area contributed by atoms with Gasteiger partial charge in [0.2, 0.25) is 11.9 Å². The van der Waals surface area contributed by atoms with Gasteiger partial charge in [0.25, 0.3) is 0 Å². The van der Waals surface area contributed by atoms with E-state index in [-0.39, 0.29) is 11.8 Å². The summed E-state index contributed by atoms with van der Waals surface area (Å²) in [4.78, 5) is 25.9. The van der Waals surface area contributed by atoms with Crippen LogP contribution in [0, 0.1) is 5.92 Å². The van der Waals surface area contributed by atoms with Gasteiger partial charge in [-0.1, -0.05) is 0 Å². The molecule has 0 saturated carbocycles. The van der Waals surface area contributed by atoms with Gasteiger partial charge in [0.15, 0.2) is 0 Å². The minimum Gasteiger partial charge on any atom is -0.340 e. The predicted octanol–water partition coefficient (Wildman–Crippen LogP) is 1.75. The van der Waals surface area contributed by atoms with E-state index < -0.39 is 0 Å². The molecular weight excluding hydrogens is 316 g/mol. The van der Waals surface area contributed by atoms with Crippen LogP contribution in [0.5, 0.6) is 0 Å². The molecule has 2 aliphatic rings. The normalized spacial score (nSPS) is 24.3. The van der Waals surface area contributed by atoms with Gasteiger partial charge in [-0.05, 0) is 37.8 Å². The number of hydrogen-bond donors (Lipinski definition) is 0. The molecule has 7 heteroatoms. The molecule has 7 nitrogen and oxygen atoms in total. The van der Waals surface area contributed by atoms with Crippen LogP contribution in [-0.4, -0.2) is 56.7 Å². The third-order valence-electron chi connectivity index (χ3n) is 5.21. The molecule has 2 unspecified atom stereocenters. The van der Waals surface area contributed by atoms with Gasteiger partial charge < -0.3 is 9.80 Å². The monoisotopic (exact) mass is 340 g/mol. The molecule has 2 aromatic heterocycles. The lowest BCUT2D eigenvalue weighted by Crippen LogP contribution is -2.48. The van der Waals surface area contributed by atoms with Gasteiger partial charge in [-0.15, -0.1) is 0 Å². The zero-order valence-electron chi connectivity index (χ0n) is 14.4. The highest BCUT2D eigenvalue weighted by molar-refractivity contribution is 5.79. The molecule has 2 aliphatic heterocycles. The van der Waals surface area contributed by atoms with E-state index in [1.54, 1.807) is 18.6 Å². The van der Waals surface area contributed by atoms with Gasteiger partial charge in [0, 0.05) is 51.0 Å². The Morgan fingerprint density at radius 1 is 1.00 bits per heavy atom. The molecule has 132 valence electrons. The molecule has 0 aromatic carbocycles. The van der Waals surface area contributed by atoms with Crippen molar-refractivity contribution >= 4 is 11.9 Å². The van der Waals surface area contributed by atoms with E-state index >= 15 is 0 Å².